The minimum atomic E-state index is -0.0963. The molecule has 1 fully saturated rings. The van der Waals surface area contributed by atoms with Crippen LogP contribution < -0.4 is 5.32 Å². The third-order valence-corrected chi connectivity index (χ3v) is 4.52. The van der Waals surface area contributed by atoms with Crippen LogP contribution in [0.15, 0.2) is 4.99 Å². The number of nitrogens with zero attached hydrogens (tertiary/aromatic N) is 2. The number of hydrogen-bond donors (Lipinski definition) is 2. The van der Waals surface area contributed by atoms with Crippen molar-refractivity contribution in [1.82, 2.24) is 10.2 Å². The zero-order valence-corrected chi connectivity index (χ0v) is 16.5. The van der Waals surface area contributed by atoms with E-state index in [2.05, 4.69) is 31.0 Å². The summed E-state index contributed by atoms with van der Waals surface area (Å²) in [6, 6.07) is 0. The SMILES string of the molecule is CCNC(=NCC(CCO)CC(C)C)N1CCCC(C(=O)OCC)C1. The van der Waals surface area contributed by atoms with E-state index >= 15 is 0 Å². The molecule has 0 aliphatic carbocycles. The second-order valence-corrected chi connectivity index (χ2v) is 7.24. The number of nitrogens with one attached hydrogen (secondary N) is 1. The van der Waals surface area contributed by atoms with Crippen LogP contribution in [-0.4, -0.2) is 61.3 Å². The first kappa shape index (κ1) is 21.7. The highest BCUT2D eigenvalue weighted by Gasteiger charge is 2.28. The summed E-state index contributed by atoms with van der Waals surface area (Å²) in [5.41, 5.74) is 0. The molecule has 0 saturated carbocycles. The van der Waals surface area contributed by atoms with Gasteiger partial charge in [-0.05, 0) is 51.4 Å². The van der Waals surface area contributed by atoms with Crippen molar-refractivity contribution in [1.29, 1.82) is 0 Å². The van der Waals surface area contributed by atoms with Gasteiger partial charge in [0.25, 0.3) is 0 Å². The summed E-state index contributed by atoms with van der Waals surface area (Å²) in [7, 11) is 0. The van der Waals surface area contributed by atoms with Gasteiger partial charge in [0.15, 0.2) is 5.96 Å². The van der Waals surface area contributed by atoms with E-state index in [0.29, 0.717) is 31.5 Å². The highest BCUT2D eigenvalue weighted by molar-refractivity contribution is 5.81. The number of piperidine rings is 1. The molecule has 1 saturated heterocycles. The molecule has 0 amide bonds. The summed E-state index contributed by atoms with van der Waals surface area (Å²) in [4.78, 5) is 19.1. The first-order valence-electron chi connectivity index (χ1n) is 9.82. The minimum absolute atomic E-state index is 0.0681. The second kappa shape index (κ2) is 12.1. The molecule has 0 aromatic heterocycles. The number of aliphatic imine (C=N–C) groups is 1. The zero-order valence-electron chi connectivity index (χ0n) is 16.5. The molecule has 0 aromatic rings. The lowest BCUT2D eigenvalue weighted by atomic mass is 9.94. The first-order chi connectivity index (χ1) is 12.0. The van der Waals surface area contributed by atoms with E-state index in [1.165, 1.54) is 0 Å². The molecular weight excluding hydrogens is 318 g/mol. The van der Waals surface area contributed by atoms with Crippen molar-refractivity contribution in [3.8, 4) is 0 Å². The molecular formula is C19H37N3O3. The Balaban J connectivity index is 2.73. The fourth-order valence-corrected chi connectivity index (χ4v) is 3.40. The summed E-state index contributed by atoms with van der Waals surface area (Å²) >= 11 is 0. The first-order valence-corrected chi connectivity index (χ1v) is 9.82. The van der Waals surface area contributed by atoms with Crippen molar-refractivity contribution < 1.29 is 14.6 Å². The monoisotopic (exact) mass is 355 g/mol. The predicted octanol–water partition coefficient (Wildman–Crippen LogP) is 2.27. The van der Waals surface area contributed by atoms with Crippen molar-refractivity contribution >= 4 is 11.9 Å². The van der Waals surface area contributed by atoms with E-state index in [9.17, 15) is 9.90 Å². The van der Waals surface area contributed by atoms with Crippen molar-refractivity contribution in [2.75, 3.05) is 39.4 Å². The molecule has 1 heterocycles. The molecule has 2 unspecified atom stereocenters. The van der Waals surface area contributed by atoms with Crippen LogP contribution >= 0.6 is 0 Å². The van der Waals surface area contributed by atoms with Gasteiger partial charge in [0.05, 0.1) is 12.5 Å². The molecule has 2 N–H and O–H groups in total. The van der Waals surface area contributed by atoms with Gasteiger partial charge in [0.2, 0.25) is 0 Å². The third-order valence-electron chi connectivity index (χ3n) is 4.52. The molecule has 1 aliphatic heterocycles. The summed E-state index contributed by atoms with van der Waals surface area (Å²) in [6.45, 7) is 12.0. The average molecular weight is 356 g/mol. The molecule has 1 aliphatic rings. The number of carbonyl (C=O) groups is 1. The van der Waals surface area contributed by atoms with Gasteiger partial charge in [-0.2, -0.15) is 0 Å². The van der Waals surface area contributed by atoms with Crippen LogP contribution in [0.1, 0.15) is 53.4 Å². The van der Waals surface area contributed by atoms with Crippen molar-refractivity contribution in [3.05, 3.63) is 0 Å². The Hall–Kier alpha value is -1.30. The molecule has 1 rings (SSSR count). The van der Waals surface area contributed by atoms with Crippen LogP contribution in [0, 0.1) is 17.8 Å². The highest BCUT2D eigenvalue weighted by atomic mass is 16.5. The minimum Gasteiger partial charge on any atom is -0.466 e. The third kappa shape index (κ3) is 8.08. The van der Waals surface area contributed by atoms with E-state index in [1.807, 2.05) is 6.92 Å². The normalized spacial score (nSPS) is 19.8. The number of hydrogen-bond acceptors (Lipinski definition) is 4. The molecule has 0 radical (unpaired) electrons. The molecule has 6 heteroatoms. The Morgan fingerprint density at radius 1 is 1.40 bits per heavy atom. The molecule has 6 nitrogen and oxygen atoms in total. The number of rotatable bonds is 9. The molecule has 2 atom stereocenters. The maximum Gasteiger partial charge on any atom is 0.310 e. The van der Waals surface area contributed by atoms with Crippen LogP contribution in [0.3, 0.4) is 0 Å². The van der Waals surface area contributed by atoms with Crippen molar-refractivity contribution in [2.45, 2.75) is 53.4 Å². The lowest BCUT2D eigenvalue weighted by Gasteiger charge is -2.34. The average Bonchev–Trinajstić information content (AvgIpc) is 2.58. The fraction of sp³-hybridized carbons (Fsp3) is 0.895. The number of carbonyl (C=O) groups excluding carboxylic acids is 1. The maximum absolute atomic E-state index is 12.1. The molecule has 146 valence electrons. The highest BCUT2D eigenvalue weighted by Crippen LogP contribution is 2.19. The van der Waals surface area contributed by atoms with Crippen LogP contribution in [0.2, 0.25) is 0 Å². The van der Waals surface area contributed by atoms with E-state index in [4.69, 9.17) is 9.73 Å². The van der Waals surface area contributed by atoms with Crippen LogP contribution in [-0.2, 0) is 9.53 Å². The molecule has 0 aromatic carbocycles. The Kier molecular flexibility index (Phi) is 10.5. The van der Waals surface area contributed by atoms with Gasteiger partial charge in [0.1, 0.15) is 0 Å². The predicted molar refractivity (Wildman–Crippen MR) is 102 cm³/mol. The summed E-state index contributed by atoms with van der Waals surface area (Å²) in [6.07, 6.45) is 3.70. The van der Waals surface area contributed by atoms with Gasteiger partial charge in [-0.1, -0.05) is 13.8 Å². The van der Waals surface area contributed by atoms with Gasteiger partial charge in [-0.25, -0.2) is 0 Å². The van der Waals surface area contributed by atoms with Crippen molar-refractivity contribution in [3.63, 3.8) is 0 Å². The summed E-state index contributed by atoms with van der Waals surface area (Å²) in [5.74, 6) is 1.70. The van der Waals surface area contributed by atoms with Gasteiger partial charge in [0, 0.05) is 32.8 Å². The number of esters is 1. The lowest BCUT2D eigenvalue weighted by molar-refractivity contribution is -0.149. The smallest absolute Gasteiger partial charge is 0.310 e. The van der Waals surface area contributed by atoms with E-state index in [0.717, 1.165) is 44.7 Å². The van der Waals surface area contributed by atoms with Gasteiger partial charge >= 0.3 is 5.97 Å². The summed E-state index contributed by atoms with van der Waals surface area (Å²) < 4.78 is 5.19. The molecule has 25 heavy (non-hydrogen) atoms. The summed E-state index contributed by atoms with van der Waals surface area (Å²) in [5, 5.41) is 12.6. The largest absolute Gasteiger partial charge is 0.466 e. The number of aliphatic hydroxyl groups excluding tert-OH is 1. The Bertz CT molecular complexity index is 413. The fourth-order valence-electron chi connectivity index (χ4n) is 3.40. The van der Waals surface area contributed by atoms with E-state index < -0.39 is 0 Å². The second-order valence-electron chi connectivity index (χ2n) is 7.24. The number of ether oxygens (including phenoxy) is 1. The van der Waals surface area contributed by atoms with Gasteiger partial charge in [-0.3, -0.25) is 9.79 Å². The van der Waals surface area contributed by atoms with E-state index in [1.54, 1.807) is 0 Å². The van der Waals surface area contributed by atoms with E-state index in [-0.39, 0.29) is 18.5 Å². The number of aliphatic hydroxyl groups is 1. The Morgan fingerprint density at radius 3 is 2.76 bits per heavy atom. The van der Waals surface area contributed by atoms with Crippen LogP contribution in [0.5, 0.6) is 0 Å². The zero-order chi connectivity index (χ0) is 18.7. The number of guanidine groups is 1. The van der Waals surface area contributed by atoms with Gasteiger partial charge in [-0.15, -0.1) is 0 Å². The topological polar surface area (TPSA) is 74.2 Å². The lowest BCUT2D eigenvalue weighted by Crippen LogP contribution is -2.48. The molecule has 0 bridgehead atoms. The van der Waals surface area contributed by atoms with Gasteiger partial charge < -0.3 is 20.1 Å². The van der Waals surface area contributed by atoms with Crippen molar-refractivity contribution in [2.24, 2.45) is 22.7 Å². The Labute approximate surface area is 153 Å². The van der Waals surface area contributed by atoms with Crippen LogP contribution in [0.4, 0.5) is 0 Å². The quantitative estimate of drug-likeness (QED) is 0.377. The molecule has 0 spiro atoms. The number of likely N-dealkylation sites (tertiary alicyclic amines) is 1. The standard InChI is InChI=1S/C19H37N3O3/c1-5-20-19(21-13-16(9-11-23)12-15(3)4)22-10-7-8-17(14-22)18(24)25-6-2/h15-17,23H,5-14H2,1-4H3,(H,20,21). The maximum atomic E-state index is 12.1. The Morgan fingerprint density at radius 2 is 2.16 bits per heavy atom. The van der Waals surface area contributed by atoms with Crippen LogP contribution in [0.25, 0.3) is 0 Å².